The molecule has 0 saturated heterocycles. The molecular formula is C18H19ClN2O2. The lowest BCUT2D eigenvalue weighted by Gasteiger charge is -2.32. The molecule has 1 atom stereocenters. The van der Waals surface area contributed by atoms with Gasteiger partial charge in [0.15, 0.2) is 6.10 Å². The van der Waals surface area contributed by atoms with Gasteiger partial charge >= 0.3 is 0 Å². The summed E-state index contributed by atoms with van der Waals surface area (Å²) < 4.78 is 5.75. The molecule has 5 heteroatoms. The summed E-state index contributed by atoms with van der Waals surface area (Å²) in [5, 5.41) is 0.496. The Morgan fingerprint density at radius 2 is 2.04 bits per heavy atom. The minimum atomic E-state index is -0.623. The van der Waals surface area contributed by atoms with Gasteiger partial charge in [0.2, 0.25) is 0 Å². The topological polar surface area (TPSA) is 55.6 Å². The molecular weight excluding hydrogens is 312 g/mol. The Hall–Kier alpha value is -2.20. The standard InChI is InChI=1S/C18H19ClN2O2/c1-12(23-17-10-3-2-7-14(17)19)18(22)21-11-5-6-13-15(20)8-4-9-16(13)21/h2-4,7-10,12H,5-6,11,20H2,1H3. The van der Waals surface area contributed by atoms with Crippen LogP contribution in [-0.2, 0) is 11.2 Å². The molecule has 0 fully saturated rings. The van der Waals surface area contributed by atoms with Gasteiger partial charge in [0.1, 0.15) is 5.75 Å². The third kappa shape index (κ3) is 3.13. The zero-order chi connectivity index (χ0) is 16.4. The number of nitrogens with two attached hydrogens (primary N) is 1. The lowest BCUT2D eigenvalue weighted by Crippen LogP contribution is -2.43. The fourth-order valence-electron chi connectivity index (χ4n) is 2.88. The summed E-state index contributed by atoms with van der Waals surface area (Å²) in [4.78, 5) is 14.6. The monoisotopic (exact) mass is 330 g/mol. The number of carbonyl (C=O) groups excluding carboxylic acids is 1. The molecule has 1 aliphatic heterocycles. The van der Waals surface area contributed by atoms with Crippen LogP contribution >= 0.6 is 11.6 Å². The normalized spacial score (nSPS) is 15.0. The van der Waals surface area contributed by atoms with E-state index in [2.05, 4.69) is 0 Å². The SMILES string of the molecule is CC(Oc1ccccc1Cl)C(=O)N1CCCc2c(N)cccc21. The van der Waals surface area contributed by atoms with Crippen molar-refractivity contribution in [3.63, 3.8) is 0 Å². The fraction of sp³-hybridized carbons (Fsp3) is 0.278. The van der Waals surface area contributed by atoms with E-state index >= 15 is 0 Å². The highest BCUT2D eigenvalue weighted by Crippen LogP contribution is 2.32. The summed E-state index contributed by atoms with van der Waals surface area (Å²) in [6.07, 6.45) is 1.17. The maximum atomic E-state index is 12.8. The molecule has 0 aromatic heterocycles. The quantitative estimate of drug-likeness (QED) is 0.874. The second-order valence-electron chi connectivity index (χ2n) is 5.63. The van der Waals surface area contributed by atoms with Crippen molar-refractivity contribution in [3.05, 3.63) is 53.1 Å². The van der Waals surface area contributed by atoms with E-state index in [1.807, 2.05) is 30.3 Å². The van der Waals surface area contributed by atoms with Crippen LogP contribution in [0.5, 0.6) is 5.75 Å². The largest absolute Gasteiger partial charge is 0.479 e. The van der Waals surface area contributed by atoms with E-state index in [0.717, 1.165) is 29.8 Å². The van der Waals surface area contributed by atoms with E-state index in [4.69, 9.17) is 22.1 Å². The average molecular weight is 331 g/mol. The summed E-state index contributed by atoms with van der Waals surface area (Å²) in [6.45, 7) is 2.41. The van der Waals surface area contributed by atoms with Gasteiger partial charge in [-0.1, -0.05) is 29.8 Å². The Kier molecular flexibility index (Phi) is 4.44. The van der Waals surface area contributed by atoms with Crippen LogP contribution in [0.4, 0.5) is 11.4 Å². The number of benzene rings is 2. The van der Waals surface area contributed by atoms with Crippen LogP contribution in [0.3, 0.4) is 0 Å². The van der Waals surface area contributed by atoms with Crippen molar-refractivity contribution in [2.45, 2.75) is 25.9 Å². The fourth-order valence-corrected chi connectivity index (χ4v) is 3.06. The average Bonchev–Trinajstić information content (AvgIpc) is 2.56. The molecule has 2 aromatic carbocycles. The maximum Gasteiger partial charge on any atom is 0.267 e. The van der Waals surface area contributed by atoms with Gasteiger partial charge in [-0.05, 0) is 49.6 Å². The summed E-state index contributed by atoms with van der Waals surface area (Å²) in [5.74, 6) is 0.427. The van der Waals surface area contributed by atoms with Gasteiger partial charge in [0.05, 0.1) is 5.02 Å². The smallest absolute Gasteiger partial charge is 0.267 e. The summed E-state index contributed by atoms with van der Waals surface area (Å²) >= 11 is 6.09. The number of fused-ring (bicyclic) bond motifs is 1. The van der Waals surface area contributed by atoms with Crippen molar-refractivity contribution in [1.29, 1.82) is 0 Å². The number of halogens is 1. The first-order valence-corrected chi connectivity index (χ1v) is 8.05. The van der Waals surface area contributed by atoms with Crippen molar-refractivity contribution >= 4 is 28.9 Å². The summed E-state index contributed by atoms with van der Waals surface area (Å²) in [7, 11) is 0. The molecule has 1 unspecified atom stereocenters. The van der Waals surface area contributed by atoms with E-state index in [0.29, 0.717) is 17.3 Å². The highest BCUT2D eigenvalue weighted by atomic mass is 35.5. The Bertz CT molecular complexity index is 733. The van der Waals surface area contributed by atoms with E-state index < -0.39 is 6.10 Å². The second kappa shape index (κ2) is 6.50. The number of nitrogen functional groups attached to an aromatic ring is 1. The number of hydrogen-bond acceptors (Lipinski definition) is 3. The molecule has 4 nitrogen and oxygen atoms in total. The van der Waals surface area contributed by atoms with Crippen molar-refractivity contribution in [2.24, 2.45) is 0 Å². The molecule has 0 aliphatic carbocycles. The Balaban J connectivity index is 1.82. The van der Waals surface area contributed by atoms with Crippen LogP contribution < -0.4 is 15.4 Å². The van der Waals surface area contributed by atoms with Crippen LogP contribution in [0.2, 0.25) is 5.02 Å². The first kappa shape index (κ1) is 15.7. The van der Waals surface area contributed by atoms with Gasteiger partial charge < -0.3 is 15.4 Å². The maximum absolute atomic E-state index is 12.8. The third-order valence-corrected chi connectivity index (χ3v) is 4.35. The minimum Gasteiger partial charge on any atom is -0.479 e. The molecule has 120 valence electrons. The first-order chi connectivity index (χ1) is 11.1. The van der Waals surface area contributed by atoms with Crippen molar-refractivity contribution in [1.82, 2.24) is 0 Å². The number of carbonyl (C=O) groups is 1. The molecule has 0 radical (unpaired) electrons. The lowest BCUT2D eigenvalue weighted by atomic mass is 9.99. The number of ether oxygens (including phenoxy) is 1. The van der Waals surface area contributed by atoms with Gasteiger partial charge in [-0.15, -0.1) is 0 Å². The Morgan fingerprint density at radius 3 is 2.83 bits per heavy atom. The predicted octanol–water partition coefficient (Wildman–Crippen LogP) is 3.67. The molecule has 0 saturated carbocycles. The number of hydrogen-bond donors (Lipinski definition) is 1. The van der Waals surface area contributed by atoms with E-state index in [1.54, 1.807) is 24.0 Å². The second-order valence-corrected chi connectivity index (χ2v) is 6.04. The highest BCUT2D eigenvalue weighted by Gasteiger charge is 2.28. The molecule has 2 N–H and O–H groups in total. The highest BCUT2D eigenvalue weighted by molar-refractivity contribution is 6.32. The van der Waals surface area contributed by atoms with Gasteiger partial charge in [-0.25, -0.2) is 0 Å². The number of anilines is 2. The lowest BCUT2D eigenvalue weighted by molar-refractivity contribution is -0.124. The van der Waals surface area contributed by atoms with Gasteiger partial charge in [-0.3, -0.25) is 4.79 Å². The van der Waals surface area contributed by atoms with Crippen LogP contribution in [0.25, 0.3) is 0 Å². The molecule has 1 heterocycles. The van der Waals surface area contributed by atoms with Crippen LogP contribution in [0, 0.1) is 0 Å². The number of para-hydroxylation sites is 1. The third-order valence-electron chi connectivity index (χ3n) is 4.04. The van der Waals surface area contributed by atoms with Crippen LogP contribution in [0.1, 0.15) is 18.9 Å². The van der Waals surface area contributed by atoms with Gasteiger partial charge in [0.25, 0.3) is 5.91 Å². The molecule has 1 amide bonds. The van der Waals surface area contributed by atoms with Crippen molar-refractivity contribution in [3.8, 4) is 5.75 Å². The molecule has 2 aromatic rings. The van der Waals surface area contributed by atoms with Crippen LogP contribution in [-0.4, -0.2) is 18.6 Å². The Morgan fingerprint density at radius 1 is 1.26 bits per heavy atom. The van der Waals surface area contributed by atoms with E-state index in [1.165, 1.54) is 0 Å². The van der Waals surface area contributed by atoms with Crippen LogP contribution in [0.15, 0.2) is 42.5 Å². The number of rotatable bonds is 3. The zero-order valence-corrected chi connectivity index (χ0v) is 13.7. The van der Waals surface area contributed by atoms with Gasteiger partial charge in [-0.2, -0.15) is 0 Å². The molecule has 3 rings (SSSR count). The molecule has 23 heavy (non-hydrogen) atoms. The van der Waals surface area contributed by atoms with E-state index in [9.17, 15) is 4.79 Å². The van der Waals surface area contributed by atoms with E-state index in [-0.39, 0.29) is 5.91 Å². The molecule has 1 aliphatic rings. The molecule has 0 spiro atoms. The summed E-state index contributed by atoms with van der Waals surface area (Å²) in [5.41, 5.74) is 8.70. The Labute approximate surface area is 140 Å². The zero-order valence-electron chi connectivity index (χ0n) is 13.0. The first-order valence-electron chi connectivity index (χ1n) is 7.68. The number of nitrogens with zero attached hydrogens (tertiary/aromatic N) is 1. The predicted molar refractivity (Wildman–Crippen MR) is 93.1 cm³/mol. The minimum absolute atomic E-state index is 0.0866. The number of amides is 1. The van der Waals surface area contributed by atoms with Crippen molar-refractivity contribution < 1.29 is 9.53 Å². The van der Waals surface area contributed by atoms with Crippen molar-refractivity contribution in [2.75, 3.05) is 17.2 Å². The summed E-state index contributed by atoms with van der Waals surface area (Å²) in [6, 6.07) is 12.8. The van der Waals surface area contributed by atoms with Gasteiger partial charge in [0, 0.05) is 17.9 Å². The molecule has 0 bridgehead atoms.